The Kier molecular flexibility index (Phi) is 5.74. The van der Waals surface area contributed by atoms with Crippen molar-refractivity contribution in [1.82, 2.24) is 4.90 Å². The van der Waals surface area contributed by atoms with E-state index in [1.807, 2.05) is 0 Å². The van der Waals surface area contributed by atoms with Crippen LogP contribution in [0.15, 0.2) is 0 Å². The fourth-order valence-electron chi connectivity index (χ4n) is 1.31. The van der Waals surface area contributed by atoms with Crippen molar-refractivity contribution < 1.29 is 0 Å². The molecule has 2 heteroatoms. The third-order valence-corrected chi connectivity index (χ3v) is 2.14. The molecule has 0 rings (SSSR count). The molecule has 0 bridgehead atoms. The number of hydrogen-bond acceptors (Lipinski definition) is 2. The van der Waals surface area contributed by atoms with E-state index in [2.05, 4.69) is 38.8 Å². The van der Waals surface area contributed by atoms with E-state index in [9.17, 15) is 0 Å². The minimum Gasteiger partial charge on any atom is -0.303 e. The molecular formula is C10H20N2. The van der Waals surface area contributed by atoms with Gasteiger partial charge in [0.2, 0.25) is 0 Å². The molecule has 0 aromatic rings. The van der Waals surface area contributed by atoms with Crippen LogP contribution in [0, 0.1) is 17.2 Å². The van der Waals surface area contributed by atoms with Crippen LogP contribution >= 0.6 is 0 Å². The lowest BCUT2D eigenvalue weighted by Crippen LogP contribution is -2.30. The van der Waals surface area contributed by atoms with Crippen molar-refractivity contribution in [3.63, 3.8) is 0 Å². The average Bonchev–Trinajstić information content (AvgIpc) is 1.98. The molecular weight excluding hydrogens is 148 g/mol. The van der Waals surface area contributed by atoms with E-state index in [0.29, 0.717) is 12.5 Å². The molecule has 1 unspecified atom stereocenters. The lowest BCUT2D eigenvalue weighted by molar-refractivity contribution is 0.233. The monoisotopic (exact) mass is 168 g/mol. The molecule has 0 amide bonds. The van der Waals surface area contributed by atoms with Gasteiger partial charge in [-0.15, -0.1) is 0 Å². The second-order valence-corrected chi connectivity index (χ2v) is 3.87. The largest absolute Gasteiger partial charge is 0.303 e. The van der Waals surface area contributed by atoms with Crippen molar-refractivity contribution in [2.24, 2.45) is 5.92 Å². The Balaban J connectivity index is 3.62. The summed E-state index contributed by atoms with van der Waals surface area (Å²) in [4.78, 5) is 2.25. The first-order valence-corrected chi connectivity index (χ1v) is 4.65. The fraction of sp³-hybridized carbons (Fsp3) is 0.900. The highest BCUT2D eigenvalue weighted by Gasteiger charge is 2.09. The number of nitrogens with zero attached hydrogens (tertiary/aromatic N) is 2. The van der Waals surface area contributed by atoms with Gasteiger partial charge < -0.3 is 4.90 Å². The Morgan fingerprint density at radius 3 is 2.33 bits per heavy atom. The summed E-state index contributed by atoms with van der Waals surface area (Å²) < 4.78 is 0. The zero-order valence-electron chi connectivity index (χ0n) is 8.67. The van der Waals surface area contributed by atoms with Gasteiger partial charge in [-0.05, 0) is 26.3 Å². The van der Waals surface area contributed by atoms with Crippen molar-refractivity contribution in [1.29, 1.82) is 5.26 Å². The van der Waals surface area contributed by atoms with Gasteiger partial charge in [-0.3, -0.25) is 0 Å². The van der Waals surface area contributed by atoms with Crippen molar-refractivity contribution in [3.8, 4) is 6.07 Å². The topological polar surface area (TPSA) is 27.0 Å². The standard InChI is InChI=1S/C10H20N2/c1-9(2)8-10(3)12(4)7-5-6-11/h9-10H,5,7-8H2,1-4H3. The minimum absolute atomic E-state index is 0.596. The van der Waals surface area contributed by atoms with Crippen molar-refractivity contribution >= 4 is 0 Å². The molecule has 0 aromatic heterocycles. The Morgan fingerprint density at radius 2 is 1.92 bits per heavy atom. The van der Waals surface area contributed by atoms with Gasteiger partial charge in [-0.2, -0.15) is 5.26 Å². The van der Waals surface area contributed by atoms with Gasteiger partial charge in [0.05, 0.1) is 6.07 Å². The molecule has 0 N–H and O–H groups in total. The third-order valence-electron chi connectivity index (χ3n) is 2.14. The van der Waals surface area contributed by atoms with Crippen molar-refractivity contribution in [3.05, 3.63) is 0 Å². The molecule has 0 radical (unpaired) electrons. The van der Waals surface area contributed by atoms with Crippen LogP contribution in [0.1, 0.15) is 33.6 Å². The lowest BCUT2D eigenvalue weighted by Gasteiger charge is -2.24. The summed E-state index contributed by atoms with van der Waals surface area (Å²) in [5.74, 6) is 0.740. The first kappa shape index (κ1) is 11.4. The second kappa shape index (κ2) is 6.02. The van der Waals surface area contributed by atoms with Gasteiger partial charge in [-0.25, -0.2) is 0 Å². The summed E-state index contributed by atoms with van der Waals surface area (Å²) >= 11 is 0. The van der Waals surface area contributed by atoms with Crippen LogP contribution in [0.5, 0.6) is 0 Å². The molecule has 0 saturated carbocycles. The van der Waals surface area contributed by atoms with Gasteiger partial charge in [0.1, 0.15) is 0 Å². The quantitative estimate of drug-likeness (QED) is 0.629. The van der Waals surface area contributed by atoms with E-state index in [1.54, 1.807) is 0 Å². The van der Waals surface area contributed by atoms with Crippen LogP contribution in [0.4, 0.5) is 0 Å². The molecule has 0 aliphatic rings. The maximum absolute atomic E-state index is 8.40. The van der Waals surface area contributed by atoms with E-state index in [0.717, 1.165) is 12.5 Å². The molecule has 0 aliphatic heterocycles. The Bertz CT molecular complexity index is 146. The van der Waals surface area contributed by atoms with E-state index in [4.69, 9.17) is 5.26 Å². The molecule has 1 atom stereocenters. The Morgan fingerprint density at radius 1 is 1.33 bits per heavy atom. The molecule has 2 nitrogen and oxygen atoms in total. The number of rotatable bonds is 5. The summed E-state index contributed by atoms with van der Waals surface area (Å²) in [5, 5.41) is 8.40. The molecule has 0 aliphatic carbocycles. The molecule has 0 heterocycles. The lowest BCUT2D eigenvalue weighted by atomic mass is 10.0. The van der Waals surface area contributed by atoms with Gasteiger partial charge >= 0.3 is 0 Å². The summed E-state index contributed by atoms with van der Waals surface area (Å²) in [5.41, 5.74) is 0. The first-order chi connectivity index (χ1) is 5.57. The van der Waals surface area contributed by atoms with Crippen LogP contribution in [-0.2, 0) is 0 Å². The molecule has 0 aromatic carbocycles. The number of hydrogen-bond donors (Lipinski definition) is 0. The predicted molar refractivity (Wildman–Crippen MR) is 51.8 cm³/mol. The van der Waals surface area contributed by atoms with E-state index >= 15 is 0 Å². The summed E-state index contributed by atoms with van der Waals surface area (Å²) in [6.45, 7) is 7.57. The average molecular weight is 168 g/mol. The maximum Gasteiger partial charge on any atom is 0.0635 e. The van der Waals surface area contributed by atoms with Crippen LogP contribution in [0.25, 0.3) is 0 Å². The van der Waals surface area contributed by atoms with E-state index < -0.39 is 0 Å². The maximum atomic E-state index is 8.40. The van der Waals surface area contributed by atoms with Gasteiger partial charge in [0.25, 0.3) is 0 Å². The molecule has 0 fully saturated rings. The summed E-state index contributed by atoms with van der Waals surface area (Å²) in [7, 11) is 2.09. The van der Waals surface area contributed by atoms with Crippen molar-refractivity contribution in [2.75, 3.05) is 13.6 Å². The zero-order valence-corrected chi connectivity index (χ0v) is 8.67. The van der Waals surface area contributed by atoms with E-state index in [1.165, 1.54) is 6.42 Å². The molecule has 0 spiro atoms. The van der Waals surface area contributed by atoms with Crippen LogP contribution in [0.2, 0.25) is 0 Å². The Hall–Kier alpha value is -0.550. The zero-order chi connectivity index (χ0) is 9.56. The van der Waals surface area contributed by atoms with Crippen LogP contribution < -0.4 is 0 Å². The molecule has 70 valence electrons. The highest BCUT2D eigenvalue weighted by atomic mass is 15.1. The smallest absolute Gasteiger partial charge is 0.0635 e. The van der Waals surface area contributed by atoms with Crippen molar-refractivity contribution in [2.45, 2.75) is 39.7 Å². The van der Waals surface area contributed by atoms with E-state index in [-0.39, 0.29) is 0 Å². The second-order valence-electron chi connectivity index (χ2n) is 3.87. The Labute approximate surface area is 76.2 Å². The normalized spacial score (nSPS) is 13.4. The number of nitriles is 1. The molecule has 12 heavy (non-hydrogen) atoms. The van der Waals surface area contributed by atoms with Gasteiger partial charge in [0, 0.05) is 19.0 Å². The summed E-state index contributed by atoms with van der Waals surface area (Å²) in [6, 6.07) is 2.76. The highest BCUT2D eigenvalue weighted by Crippen LogP contribution is 2.09. The van der Waals surface area contributed by atoms with Crippen LogP contribution in [0.3, 0.4) is 0 Å². The minimum atomic E-state index is 0.596. The molecule has 0 saturated heterocycles. The first-order valence-electron chi connectivity index (χ1n) is 4.65. The van der Waals surface area contributed by atoms with Crippen LogP contribution in [-0.4, -0.2) is 24.5 Å². The van der Waals surface area contributed by atoms with Gasteiger partial charge in [-0.1, -0.05) is 13.8 Å². The third kappa shape index (κ3) is 5.15. The predicted octanol–water partition coefficient (Wildman–Crippen LogP) is 2.27. The summed E-state index contributed by atoms with van der Waals surface area (Å²) in [6.07, 6.45) is 1.85. The SMILES string of the molecule is CC(C)CC(C)N(C)CCC#N. The fourth-order valence-corrected chi connectivity index (χ4v) is 1.31. The highest BCUT2D eigenvalue weighted by molar-refractivity contribution is 4.73. The van der Waals surface area contributed by atoms with Gasteiger partial charge in [0.15, 0.2) is 0 Å².